The van der Waals surface area contributed by atoms with E-state index in [0.717, 1.165) is 0 Å². The first kappa shape index (κ1) is 38.4. The zero-order chi connectivity index (χ0) is 38.4. The first-order valence-corrected chi connectivity index (χ1v) is 17.7. The van der Waals surface area contributed by atoms with E-state index >= 15 is 0 Å². The minimum absolute atomic E-state index is 0.195. The number of nitrogens with one attached hydrogen (secondary N) is 2. The Morgan fingerprint density at radius 2 is 0.904 bits per heavy atom. The number of ether oxygens (including phenoxy) is 4. The number of hydrogen-bond acceptors (Lipinski definition) is 12. The second-order valence-electron chi connectivity index (χ2n) is 13.2. The maximum atomic E-state index is 12.8. The summed E-state index contributed by atoms with van der Waals surface area (Å²) in [5.41, 5.74) is 0.390. The van der Waals surface area contributed by atoms with Gasteiger partial charge in [0.1, 0.15) is 69.0 Å². The van der Waals surface area contributed by atoms with Crippen molar-refractivity contribution in [2.24, 2.45) is 0 Å². The molecule has 0 aromatic heterocycles. The van der Waals surface area contributed by atoms with E-state index in [1.165, 1.54) is 61.8 Å². The van der Waals surface area contributed by atoms with Gasteiger partial charge in [0.25, 0.3) is 11.8 Å². The zero-order valence-electron chi connectivity index (χ0n) is 29.6. The smallest absolute Gasteiger partial charge is 0.327 e. The number of nitrogens with zero attached hydrogens (tertiary/aromatic N) is 2. The van der Waals surface area contributed by atoms with E-state index in [9.17, 15) is 39.0 Å². The van der Waals surface area contributed by atoms with Gasteiger partial charge in [0.2, 0.25) is 11.8 Å². The highest BCUT2D eigenvalue weighted by Gasteiger charge is 2.65. The summed E-state index contributed by atoms with van der Waals surface area (Å²) in [5.74, 6) is -2.60. The third kappa shape index (κ3) is 6.42. The molecular weight excluding hydrogens is 721 g/mol. The molecule has 2 aromatic rings. The number of hydrogen-bond donors (Lipinski definition) is 4. The largest absolute Gasteiger partial charge is 0.496 e. The van der Waals surface area contributed by atoms with E-state index in [1.54, 1.807) is 64.1 Å². The van der Waals surface area contributed by atoms with Crippen molar-refractivity contribution in [3.05, 3.63) is 47.5 Å². The minimum atomic E-state index is -1.05. The molecule has 0 bridgehead atoms. The quantitative estimate of drug-likeness (QED) is 0.255. The summed E-state index contributed by atoms with van der Waals surface area (Å²) in [5, 5.41) is 23.5. The van der Waals surface area contributed by atoms with E-state index in [1.807, 2.05) is 0 Å². The number of amides is 4. The Morgan fingerprint density at radius 1 is 0.615 bits per heavy atom. The molecular formula is C34H40N4O12S2. The van der Waals surface area contributed by atoms with Crippen LogP contribution in [0.15, 0.2) is 36.4 Å². The molecule has 16 nitrogen and oxygen atoms in total. The van der Waals surface area contributed by atoms with Crippen molar-refractivity contribution in [1.29, 1.82) is 0 Å². The monoisotopic (exact) mass is 760 g/mol. The van der Waals surface area contributed by atoms with Gasteiger partial charge in [-0.3, -0.25) is 19.2 Å². The molecule has 280 valence electrons. The number of β-lactam (4-membered cyclic amide) rings is 2. The second kappa shape index (κ2) is 14.3. The number of aliphatic carboxylic acids is 2. The van der Waals surface area contributed by atoms with Gasteiger partial charge in [0.05, 0.1) is 28.4 Å². The molecule has 4 heterocycles. The Labute approximate surface area is 307 Å². The summed E-state index contributed by atoms with van der Waals surface area (Å²) < 4.78 is 19.6. The molecule has 18 heteroatoms. The molecule has 6 rings (SSSR count). The van der Waals surface area contributed by atoms with Gasteiger partial charge in [-0.15, -0.1) is 23.5 Å². The number of rotatable bonds is 10. The van der Waals surface area contributed by atoms with E-state index in [0.29, 0.717) is 23.0 Å². The molecule has 0 aliphatic carbocycles. The molecule has 4 fully saturated rings. The summed E-state index contributed by atoms with van der Waals surface area (Å²) >= 11 is 2.74. The Kier molecular flexibility index (Phi) is 10.6. The number of methoxy groups -OCH3 is 4. The topological polar surface area (TPSA) is 210 Å². The second-order valence-corrected chi connectivity index (χ2v) is 16.7. The Balaban J connectivity index is 0.000000201. The van der Waals surface area contributed by atoms with Crippen LogP contribution in [0.2, 0.25) is 0 Å². The third-order valence-corrected chi connectivity index (χ3v) is 12.4. The number of carboxylic acid groups (broad SMARTS) is 2. The van der Waals surface area contributed by atoms with E-state index < -0.39 is 80.0 Å². The van der Waals surface area contributed by atoms with Crippen LogP contribution in [0.5, 0.6) is 23.0 Å². The lowest BCUT2D eigenvalue weighted by molar-refractivity contribution is -0.159. The average molecular weight is 761 g/mol. The summed E-state index contributed by atoms with van der Waals surface area (Å²) in [6.07, 6.45) is 0. The SMILES string of the molecule is COc1cccc(OC)c1C(=O)N[C@@H]1C(=O)N2[C@@H]1SC(C)(C)[C@@H]2C(=O)O.COc1cccc(OC)c1C(=O)N[C@@H]1C(=O)N2[C@@H]1SC(C)(C)[C@@H]2C(=O)O. The van der Waals surface area contributed by atoms with Gasteiger partial charge in [0, 0.05) is 9.49 Å². The standard InChI is InChI=1S/2C17H20N2O6S/c2*1-17(2)12(16(22)23)19-14(21)11(15(19)26-17)18-13(20)10-8(24-3)6-5-7-9(10)25-4/h2*5-7,11-12,15H,1-4H3,(H,18,20)(H,22,23)/t2*11-,12+,15-/m11/s1. The van der Waals surface area contributed by atoms with Crippen molar-refractivity contribution >= 4 is 59.1 Å². The van der Waals surface area contributed by atoms with Crippen LogP contribution in [0.3, 0.4) is 0 Å². The molecule has 4 aliphatic rings. The normalized spacial score (nSPS) is 25.9. The maximum Gasteiger partial charge on any atom is 0.327 e. The highest BCUT2D eigenvalue weighted by atomic mass is 32.2. The van der Waals surface area contributed by atoms with Gasteiger partial charge >= 0.3 is 11.9 Å². The molecule has 4 N–H and O–H groups in total. The molecule has 4 amide bonds. The molecule has 6 atom stereocenters. The Hall–Kier alpha value is -4.84. The summed E-state index contributed by atoms with van der Waals surface area (Å²) in [6.45, 7) is 7.13. The minimum Gasteiger partial charge on any atom is -0.496 e. The van der Waals surface area contributed by atoms with Crippen molar-refractivity contribution in [2.75, 3.05) is 28.4 Å². The lowest BCUT2D eigenvalue weighted by Gasteiger charge is -2.43. The van der Waals surface area contributed by atoms with Gasteiger partial charge in [-0.2, -0.15) is 0 Å². The van der Waals surface area contributed by atoms with E-state index in [-0.39, 0.29) is 11.1 Å². The molecule has 0 radical (unpaired) electrons. The fourth-order valence-corrected chi connectivity index (χ4v) is 10.1. The lowest BCUT2D eigenvalue weighted by Crippen LogP contribution is -2.70. The first-order chi connectivity index (χ1) is 24.4. The first-order valence-electron chi connectivity index (χ1n) is 15.9. The fraction of sp³-hybridized carbons (Fsp3) is 0.471. The van der Waals surface area contributed by atoms with Gasteiger partial charge in [-0.05, 0) is 52.0 Å². The number of carboxylic acids is 2. The van der Waals surface area contributed by atoms with E-state index in [2.05, 4.69) is 10.6 Å². The number of carbonyl (C=O) groups is 6. The molecule has 2 aromatic carbocycles. The van der Waals surface area contributed by atoms with Crippen LogP contribution in [0, 0.1) is 0 Å². The van der Waals surface area contributed by atoms with Gasteiger partial charge in [-0.25, -0.2) is 9.59 Å². The van der Waals surface area contributed by atoms with Crippen LogP contribution < -0.4 is 29.6 Å². The number of benzene rings is 2. The van der Waals surface area contributed by atoms with Crippen LogP contribution in [0.25, 0.3) is 0 Å². The van der Waals surface area contributed by atoms with Gasteiger partial charge in [-0.1, -0.05) is 12.1 Å². The number of fused-ring (bicyclic) bond motifs is 2. The summed E-state index contributed by atoms with van der Waals surface area (Å²) in [6, 6.07) is 6.48. The van der Waals surface area contributed by atoms with Gasteiger partial charge in [0.15, 0.2) is 0 Å². The average Bonchev–Trinajstić information content (AvgIpc) is 3.52. The van der Waals surface area contributed by atoms with Crippen LogP contribution in [0.4, 0.5) is 0 Å². The lowest BCUT2D eigenvalue weighted by atomic mass is 9.96. The van der Waals surface area contributed by atoms with Crippen LogP contribution in [-0.2, 0) is 19.2 Å². The zero-order valence-corrected chi connectivity index (χ0v) is 31.2. The highest BCUT2D eigenvalue weighted by molar-refractivity contribution is 8.02. The molecule has 4 saturated heterocycles. The molecule has 0 unspecified atom stereocenters. The van der Waals surface area contributed by atoms with Crippen molar-refractivity contribution in [1.82, 2.24) is 20.4 Å². The summed E-state index contributed by atoms with van der Waals surface area (Å²) in [7, 11) is 5.76. The van der Waals surface area contributed by atoms with Crippen LogP contribution in [0.1, 0.15) is 48.4 Å². The van der Waals surface area contributed by atoms with Crippen molar-refractivity contribution < 1.29 is 57.9 Å². The van der Waals surface area contributed by atoms with E-state index in [4.69, 9.17) is 18.9 Å². The molecule has 0 spiro atoms. The Bertz CT molecular complexity index is 1650. The van der Waals surface area contributed by atoms with Crippen molar-refractivity contribution in [3.8, 4) is 23.0 Å². The highest BCUT2D eigenvalue weighted by Crippen LogP contribution is 2.52. The number of thioether (sulfide) groups is 2. The van der Waals surface area contributed by atoms with Crippen molar-refractivity contribution in [3.63, 3.8) is 0 Å². The maximum absolute atomic E-state index is 12.8. The molecule has 4 aliphatic heterocycles. The number of carbonyl (C=O) groups excluding carboxylic acids is 4. The molecule has 52 heavy (non-hydrogen) atoms. The summed E-state index contributed by atoms with van der Waals surface area (Å²) in [4.78, 5) is 76.2. The van der Waals surface area contributed by atoms with Crippen LogP contribution >= 0.6 is 23.5 Å². The van der Waals surface area contributed by atoms with Gasteiger partial charge < -0.3 is 49.6 Å². The van der Waals surface area contributed by atoms with Crippen molar-refractivity contribution in [2.45, 2.75) is 72.1 Å². The predicted octanol–water partition coefficient (Wildman–Crippen LogP) is 1.90. The van der Waals surface area contributed by atoms with Crippen LogP contribution in [-0.4, -0.2) is 128 Å². The Morgan fingerprint density at radius 3 is 1.15 bits per heavy atom. The molecule has 0 saturated carbocycles. The predicted molar refractivity (Wildman–Crippen MR) is 189 cm³/mol. The third-order valence-electron chi connectivity index (χ3n) is 9.23. The fourth-order valence-electron chi connectivity index (χ4n) is 6.87.